The van der Waals surface area contributed by atoms with Crippen molar-refractivity contribution in [3.63, 3.8) is 0 Å². The second-order valence-corrected chi connectivity index (χ2v) is 6.19. The van der Waals surface area contributed by atoms with Crippen molar-refractivity contribution in [3.05, 3.63) is 41.9 Å². The minimum Gasteiger partial charge on any atom is -0.375 e. The number of anilines is 1. The number of benzene rings is 2. The smallest absolute Gasteiger partial charge is 0.181 e. The highest BCUT2D eigenvalue weighted by molar-refractivity contribution is 7.22. The molecule has 2 aromatic carbocycles. The van der Waals surface area contributed by atoms with Gasteiger partial charge in [-0.1, -0.05) is 29.5 Å². The first-order valence-electron chi connectivity index (χ1n) is 5.80. The third-order valence-corrected chi connectivity index (χ3v) is 4.74. The van der Waals surface area contributed by atoms with Gasteiger partial charge in [-0.25, -0.2) is 9.97 Å². The normalized spacial score (nSPS) is 11.4. The molecule has 0 radical (unpaired) electrons. The van der Waals surface area contributed by atoms with Crippen molar-refractivity contribution in [1.82, 2.24) is 9.97 Å². The monoisotopic (exact) mass is 283 g/mol. The van der Waals surface area contributed by atoms with Crippen LogP contribution in [0.15, 0.2) is 41.9 Å². The summed E-state index contributed by atoms with van der Waals surface area (Å²) in [5, 5.41) is 0.610. The summed E-state index contributed by atoms with van der Waals surface area (Å²) < 4.78 is 2.32. The van der Waals surface area contributed by atoms with Crippen LogP contribution in [0.25, 0.3) is 31.6 Å². The third kappa shape index (κ3) is 1.70. The fourth-order valence-electron chi connectivity index (χ4n) is 2.23. The summed E-state index contributed by atoms with van der Waals surface area (Å²) in [5.41, 5.74) is 11.9. The van der Waals surface area contributed by atoms with Crippen LogP contribution in [0, 0.1) is 0 Å². The molecule has 0 bridgehead atoms. The van der Waals surface area contributed by atoms with Crippen molar-refractivity contribution in [2.45, 2.75) is 0 Å². The standard InChI is InChI=1S/C14H9N3S2/c15-14-17-10-6-8(4-5-11(10)19-14)9-2-1-3-12-13(9)16-7-18-12/h1-7H,(H2,15,17). The summed E-state index contributed by atoms with van der Waals surface area (Å²) in [6.07, 6.45) is 0. The molecular weight excluding hydrogens is 274 g/mol. The van der Waals surface area contributed by atoms with E-state index in [4.69, 9.17) is 5.73 Å². The molecule has 0 aliphatic carbocycles. The van der Waals surface area contributed by atoms with Gasteiger partial charge in [0.25, 0.3) is 0 Å². The lowest BCUT2D eigenvalue weighted by Crippen LogP contribution is -1.81. The molecule has 0 fully saturated rings. The fourth-order valence-corrected chi connectivity index (χ4v) is 3.65. The van der Waals surface area contributed by atoms with E-state index in [1.54, 1.807) is 11.3 Å². The molecule has 0 aliphatic heterocycles. The Hall–Kier alpha value is -1.98. The summed E-state index contributed by atoms with van der Waals surface area (Å²) in [7, 11) is 0. The van der Waals surface area contributed by atoms with E-state index in [1.165, 1.54) is 16.0 Å². The number of thiazole rings is 2. The van der Waals surface area contributed by atoms with Gasteiger partial charge in [0, 0.05) is 5.56 Å². The minimum atomic E-state index is 0.610. The van der Waals surface area contributed by atoms with E-state index in [1.807, 2.05) is 5.51 Å². The van der Waals surface area contributed by atoms with Gasteiger partial charge in [0.1, 0.15) is 0 Å². The van der Waals surface area contributed by atoms with Crippen LogP contribution in [0.1, 0.15) is 0 Å². The SMILES string of the molecule is Nc1nc2cc(-c3cccc4scnc34)ccc2s1. The molecule has 92 valence electrons. The van der Waals surface area contributed by atoms with Gasteiger partial charge in [-0.3, -0.25) is 0 Å². The highest BCUT2D eigenvalue weighted by Gasteiger charge is 2.08. The van der Waals surface area contributed by atoms with Crippen LogP contribution >= 0.6 is 22.7 Å². The van der Waals surface area contributed by atoms with Gasteiger partial charge in [-0.2, -0.15) is 0 Å². The number of para-hydroxylation sites is 1. The Morgan fingerprint density at radius 3 is 2.95 bits per heavy atom. The largest absolute Gasteiger partial charge is 0.375 e. The first-order chi connectivity index (χ1) is 9.31. The van der Waals surface area contributed by atoms with Crippen LogP contribution in [-0.4, -0.2) is 9.97 Å². The highest BCUT2D eigenvalue weighted by Crippen LogP contribution is 2.33. The average Bonchev–Trinajstić information content (AvgIpc) is 3.01. The predicted octanol–water partition coefficient (Wildman–Crippen LogP) is 4.16. The van der Waals surface area contributed by atoms with Crippen LogP contribution in [0.4, 0.5) is 5.13 Å². The zero-order chi connectivity index (χ0) is 12.8. The maximum atomic E-state index is 5.75. The molecule has 4 rings (SSSR count). The van der Waals surface area contributed by atoms with Gasteiger partial charge in [-0.05, 0) is 23.8 Å². The van der Waals surface area contributed by atoms with Gasteiger partial charge in [0.2, 0.25) is 0 Å². The Morgan fingerprint density at radius 2 is 2.00 bits per heavy atom. The number of fused-ring (bicyclic) bond motifs is 2. The van der Waals surface area contributed by atoms with Crippen LogP contribution in [0.2, 0.25) is 0 Å². The van der Waals surface area contributed by atoms with E-state index in [0.717, 1.165) is 26.9 Å². The van der Waals surface area contributed by atoms with Crippen molar-refractivity contribution in [2.75, 3.05) is 5.73 Å². The van der Waals surface area contributed by atoms with E-state index in [9.17, 15) is 0 Å². The zero-order valence-corrected chi connectivity index (χ0v) is 11.5. The third-order valence-electron chi connectivity index (χ3n) is 3.08. The van der Waals surface area contributed by atoms with Crippen molar-refractivity contribution < 1.29 is 0 Å². The van der Waals surface area contributed by atoms with Crippen molar-refractivity contribution in [1.29, 1.82) is 0 Å². The molecule has 0 amide bonds. The van der Waals surface area contributed by atoms with E-state index >= 15 is 0 Å². The molecule has 0 saturated carbocycles. The quantitative estimate of drug-likeness (QED) is 0.571. The fraction of sp³-hybridized carbons (Fsp3) is 0. The lowest BCUT2D eigenvalue weighted by molar-refractivity contribution is 1.48. The molecule has 2 aromatic heterocycles. The van der Waals surface area contributed by atoms with E-state index in [2.05, 4.69) is 46.4 Å². The van der Waals surface area contributed by atoms with Gasteiger partial charge in [0.15, 0.2) is 5.13 Å². The Labute approximate surface area is 117 Å². The van der Waals surface area contributed by atoms with Crippen LogP contribution < -0.4 is 5.73 Å². The molecule has 0 aliphatic rings. The molecular formula is C14H9N3S2. The number of aromatic nitrogens is 2. The Morgan fingerprint density at radius 1 is 1.05 bits per heavy atom. The van der Waals surface area contributed by atoms with E-state index in [-0.39, 0.29) is 0 Å². The first kappa shape index (κ1) is 10.9. The van der Waals surface area contributed by atoms with E-state index in [0.29, 0.717) is 5.13 Å². The molecule has 2 N–H and O–H groups in total. The van der Waals surface area contributed by atoms with Crippen molar-refractivity contribution in [3.8, 4) is 11.1 Å². The second kappa shape index (κ2) is 4.01. The molecule has 2 heterocycles. The maximum Gasteiger partial charge on any atom is 0.181 e. The summed E-state index contributed by atoms with van der Waals surface area (Å²) in [6, 6.07) is 12.5. The molecule has 0 spiro atoms. The Bertz CT molecular complexity index is 892. The molecule has 4 aromatic rings. The number of nitrogens with zero attached hydrogens (tertiary/aromatic N) is 2. The molecule has 5 heteroatoms. The average molecular weight is 283 g/mol. The summed E-state index contributed by atoms with van der Waals surface area (Å²) >= 11 is 3.17. The number of rotatable bonds is 1. The lowest BCUT2D eigenvalue weighted by atomic mass is 10.0. The topological polar surface area (TPSA) is 51.8 Å². The Kier molecular flexibility index (Phi) is 2.30. The minimum absolute atomic E-state index is 0.610. The number of hydrogen-bond acceptors (Lipinski definition) is 5. The molecule has 0 atom stereocenters. The summed E-state index contributed by atoms with van der Waals surface area (Å²) in [5.74, 6) is 0. The van der Waals surface area contributed by atoms with Gasteiger partial charge < -0.3 is 5.73 Å². The second-order valence-electron chi connectivity index (χ2n) is 4.24. The van der Waals surface area contributed by atoms with Crippen molar-refractivity contribution in [2.24, 2.45) is 0 Å². The van der Waals surface area contributed by atoms with Gasteiger partial charge in [-0.15, -0.1) is 11.3 Å². The molecule has 3 nitrogen and oxygen atoms in total. The van der Waals surface area contributed by atoms with Crippen LogP contribution in [0.3, 0.4) is 0 Å². The van der Waals surface area contributed by atoms with Crippen molar-refractivity contribution >= 4 is 48.2 Å². The van der Waals surface area contributed by atoms with Crippen LogP contribution in [-0.2, 0) is 0 Å². The van der Waals surface area contributed by atoms with E-state index < -0.39 is 0 Å². The predicted molar refractivity (Wildman–Crippen MR) is 82.6 cm³/mol. The summed E-state index contributed by atoms with van der Waals surface area (Å²) in [4.78, 5) is 8.80. The lowest BCUT2D eigenvalue weighted by Gasteiger charge is -2.02. The molecule has 0 unspecified atom stereocenters. The van der Waals surface area contributed by atoms with Gasteiger partial charge in [0.05, 0.1) is 25.9 Å². The number of nitrogens with two attached hydrogens (primary N) is 1. The highest BCUT2D eigenvalue weighted by atomic mass is 32.1. The summed E-state index contributed by atoms with van der Waals surface area (Å²) in [6.45, 7) is 0. The number of nitrogen functional groups attached to an aromatic ring is 1. The maximum absolute atomic E-state index is 5.75. The number of hydrogen-bond donors (Lipinski definition) is 1. The van der Waals surface area contributed by atoms with Crippen LogP contribution in [0.5, 0.6) is 0 Å². The Balaban J connectivity index is 2.00. The zero-order valence-electron chi connectivity index (χ0n) is 9.83. The van der Waals surface area contributed by atoms with Gasteiger partial charge >= 0.3 is 0 Å². The molecule has 0 saturated heterocycles. The first-order valence-corrected chi connectivity index (χ1v) is 7.49. The molecule has 19 heavy (non-hydrogen) atoms.